The molecule has 2 aromatic rings. The van der Waals surface area contributed by atoms with Crippen LogP contribution in [-0.4, -0.2) is 42.7 Å². The quantitative estimate of drug-likeness (QED) is 0.811. The first-order valence-corrected chi connectivity index (χ1v) is 8.73. The van der Waals surface area contributed by atoms with E-state index in [0.29, 0.717) is 18.9 Å². The Morgan fingerprint density at radius 1 is 1.16 bits per heavy atom. The minimum atomic E-state index is 0.169. The highest BCUT2D eigenvalue weighted by Gasteiger charge is 2.24. The van der Waals surface area contributed by atoms with E-state index in [9.17, 15) is 4.79 Å². The number of rotatable bonds is 6. The Bertz CT molecular complexity index is 693. The van der Waals surface area contributed by atoms with Gasteiger partial charge in [0.1, 0.15) is 5.75 Å². The van der Waals surface area contributed by atoms with Crippen molar-refractivity contribution in [2.45, 2.75) is 25.9 Å². The molecule has 0 saturated carbocycles. The third kappa shape index (κ3) is 4.42. The Kier molecular flexibility index (Phi) is 5.76. The molecule has 5 nitrogen and oxygen atoms in total. The number of carbonyl (C=O) groups excluding carboxylic acids is 1. The van der Waals surface area contributed by atoms with Gasteiger partial charge in [-0.15, -0.1) is 0 Å². The molecule has 1 aromatic carbocycles. The van der Waals surface area contributed by atoms with Crippen LogP contribution in [0.4, 0.5) is 0 Å². The summed E-state index contributed by atoms with van der Waals surface area (Å²) in [4.78, 5) is 14.9. The van der Waals surface area contributed by atoms with Crippen LogP contribution in [-0.2, 0) is 29.0 Å². The van der Waals surface area contributed by atoms with Crippen LogP contribution in [0.1, 0.15) is 17.7 Å². The Balaban J connectivity index is 1.71. The van der Waals surface area contributed by atoms with Crippen LogP contribution < -0.4 is 4.74 Å². The van der Waals surface area contributed by atoms with Crippen LogP contribution >= 0.6 is 0 Å². The van der Waals surface area contributed by atoms with Crippen LogP contribution in [0.2, 0.25) is 0 Å². The molecule has 0 spiro atoms. The fraction of sp³-hybridized carbons (Fsp3) is 0.450. The number of carbonyl (C=O) groups is 1. The van der Waals surface area contributed by atoms with Crippen molar-refractivity contribution >= 4 is 5.91 Å². The largest absolute Gasteiger partial charge is 0.497 e. The monoisotopic (exact) mass is 342 g/mol. The topological polar surface area (TPSA) is 43.7 Å². The molecule has 5 heteroatoms. The SMILES string of the molecule is COCCC1CN(C(=O)Cc2ccc(OC)cc2)Cc2cccn2C1. The van der Waals surface area contributed by atoms with Crippen molar-refractivity contribution in [2.24, 2.45) is 5.92 Å². The molecule has 3 rings (SSSR count). The van der Waals surface area contributed by atoms with E-state index in [1.54, 1.807) is 14.2 Å². The standard InChI is InChI=1S/C20H26N2O3/c1-24-11-9-17-13-21-10-3-4-18(21)15-22(14-17)20(23)12-16-5-7-19(25-2)8-6-16/h3-8,10,17H,9,11-15H2,1-2H3. The zero-order chi connectivity index (χ0) is 17.6. The average molecular weight is 342 g/mol. The van der Waals surface area contributed by atoms with E-state index in [0.717, 1.165) is 37.4 Å². The Labute approximate surface area is 149 Å². The van der Waals surface area contributed by atoms with Gasteiger partial charge >= 0.3 is 0 Å². The predicted molar refractivity (Wildman–Crippen MR) is 96.5 cm³/mol. The average Bonchev–Trinajstić information content (AvgIpc) is 2.98. The molecular weight excluding hydrogens is 316 g/mol. The normalized spacial score (nSPS) is 17.0. The lowest BCUT2D eigenvalue weighted by atomic mass is 10.0. The third-order valence-electron chi connectivity index (χ3n) is 4.81. The lowest BCUT2D eigenvalue weighted by molar-refractivity contribution is -0.131. The number of nitrogens with zero attached hydrogens (tertiary/aromatic N) is 2. The van der Waals surface area contributed by atoms with Gasteiger partial charge < -0.3 is 18.9 Å². The molecule has 1 atom stereocenters. The van der Waals surface area contributed by atoms with Crippen molar-refractivity contribution in [3.8, 4) is 5.75 Å². The highest BCUT2D eigenvalue weighted by molar-refractivity contribution is 5.78. The maximum Gasteiger partial charge on any atom is 0.227 e. The van der Waals surface area contributed by atoms with Crippen molar-refractivity contribution in [2.75, 3.05) is 27.4 Å². The van der Waals surface area contributed by atoms with Crippen LogP contribution in [0.25, 0.3) is 0 Å². The fourth-order valence-electron chi connectivity index (χ4n) is 3.37. The molecule has 0 aliphatic carbocycles. The van der Waals surface area contributed by atoms with Crippen molar-refractivity contribution in [1.82, 2.24) is 9.47 Å². The molecule has 0 fully saturated rings. The molecule has 1 aliphatic heterocycles. The summed E-state index contributed by atoms with van der Waals surface area (Å²) in [6.45, 7) is 3.12. The summed E-state index contributed by atoms with van der Waals surface area (Å²) in [6.07, 6.45) is 3.48. The van der Waals surface area contributed by atoms with Gasteiger partial charge in [0.25, 0.3) is 0 Å². The zero-order valence-electron chi connectivity index (χ0n) is 15.0. The third-order valence-corrected chi connectivity index (χ3v) is 4.81. The zero-order valence-corrected chi connectivity index (χ0v) is 15.0. The minimum Gasteiger partial charge on any atom is -0.497 e. The van der Waals surface area contributed by atoms with Crippen LogP contribution in [0.15, 0.2) is 42.6 Å². The number of amides is 1. The fourth-order valence-corrected chi connectivity index (χ4v) is 3.37. The first-order valence-electron chi connectivity index (χ1n) is 8.73. The van der Waals surface area contributed by atoms with Gasteiger partial charge in [-0.25, -0.2) is 0 Å². The molecule has 1 aromatic heterocycles. The van der Waals surface area contributed by atoms with Gasteiger partial charge in [0.2, 0.25) is 5.91 Å². The van der Waals surface area contributed by atoms with E-state index in [-0.39, 0.29) is 5.91 Å². The smallest absolute Gasteiger partial charge is 0.227 e. The minimum absolute atomic E-state index is 0.169. The van der Waals surface area contributed by atoms with Crippen LogP contribution in [0, 0.1) is 5.92 Å². The summed E-state index contributed by atoms with van der Waals surface area (Å²) in [6, 6.07) is 11.9. The lowest BCUT2D eigenvalue weighted by Crippen LogP contribution is -2.35. The Hall–Kier alpha value is -2.27. The Morgan fingerprint density at radius 3 is 2.68 bits per heavy atom. The molecular formula is C20H26N2O3. The summed E-state index contributed by atoms with van der Waals surface area (Å²) < 4.78 is 12.7. The second-order valence-electron chi connectivity index (χ2n) is 6.60. The molecule has 1 amide bonds. The maximum atomic E-state index is 12.9. The molecule has 1 aliphatic rings. The first-order chi connectivity index (χ1) is 12.2. The second-order valence-corrected chi connectivity index (χ2v) is 6.60. The van der Waals surface area contributed by atoms with Gasteiger partial charge in [-0.2, -0.15) is 0 Å². The highest BCUT2D eigenvalue weighted by atomic mass is 16.5. The van der Waals surface area contributed by atoms with Crippen molar-refractivity contribution < 1.29 is 14.3 Å². The van der Waals surface area contributed by atoms with Crippen molar-refractivity contribution in [3.05, 3.63) is 53.9 Å². The summed E-state index contributed by atoms with van der Waals surface area (Å²) in [5.41, 5.74) is 2.21. The number of aromatic nitrogens is 1. The maximum absolute atomic E-state index is 12.9. The lowest BCUT2D eigenvalue weighted by Gasteiger charge is -2.24. The molecule has 1 unspecified atom stereocenters. The number of methoxy groups -OCH3 is 2. The van der Waals surface area contributed by atoms with Crippen LogP contribution in [0.5, 0.6) is 5.75 Å². The summed E-state index contributed by atoms with van der Waals surface area (Å²) >= 11 is 0. The number of fused-ring (bicyclic) bond motifs is 1. The molecule has 134 valence electrons. The van der Waals surface area contributed by atoms with E-state index in [1.165, 1.54) is 5.69 Å². The van der Waals surface area contributed by atoms with E-state index in [2.05, 4.69) is 22.9 Å². The number of benzene rings is 1. The summed E-state index contributed by atoms with van der Waals surface area (Å²) in [5.74, 6) is 1.39. The van der Waals surface area contributed by atoms with Gasteiger partial charge in [-0.1, -0.05) is 12.1 Å². The number of hydrogen-bond acceptors (Lipinski definition) is 3. The second kappa shape index (κ2) is 8.21. The molecule has 2 heterocycles. The molecule has 0 bridgehead atoms. The van der Waals surface area contributed by atoms with E-state index in [1.807, 2.05) is 29.2 Å². The summed E-state index contributed by atoms with van der Waals surface area (Å²) in [7, 11) is 3.37. The predicted octanol–water partition coefficient (Wildman–Crippen LogP) is 2.73. The van der Waals surface area contributed by atoms with E-state index >= 15 is 0 Å². The number of ether oxygens (including phenoxy) is 2. The van der Waals surface area contributed by atoms with Crippen LogP contribution in [0.3, 0.4) is 0 Å². The Morgan fingerprint density at radius 2 is 1.96 bits per heavy atom. The van der Waals surface area contributed by atoms with Gasteiger partial charge in [0, 0.05) is 38.7 Å². The summed E-state index contributed by atoms with van der Waals surface area (Å²) in [5, 5.41) is 0. The number of hydrogen-bond donors (Lipinski definition) is 0. The molecule has 0 N–H and O–H groups in total. The van der Waals surface area contributed by atoms with Gasteiger partial charge in [-0.3, -0.25) is 4.79 Å². The van der Waals surface area contributed by atoms with Crippen molar-refractivity contribution in [3.63, 3.8) is 0 Å². The van der Waals surface area contributed by atoms with E-state index < -0.39 is 0 Å². The van der Waals surface area contributed by atoms with Gasteiger partial charge in [0.15, 0.2) is 0 Å². The molecule has 0 radical (unpaired) electrons. The highest BCUT2D eigenvalue weighted by Crippen LogP contribution is 2.21. The molecule has 0 saturated heterocycles. The van der Waals surface area contributed by atoms with Gasteiger partial charge in [-0.05, 0) is 42.2 Å². The van der Waals surface area contributed by atoms with Crippen molar-refractivity contribution in [1.29, 1.82) is 0 Å². The van der Waals surface area contributed by atoms with Gasteiger partial charge in [0.05, 0.1) is 20.1 Å². The first kappa shape index (κ1) is 17.5. The van der Waals surface area contributed by atoms with E-state index in [4.69, 9.17) is 9.47 Å². The molecule has 25 heavy (non-hydrogen) atoms.